The van der Waals surface area contributed by atoms with Crippen LogP contribution in [0.3, 0.4) is 0 Å². The molecule has 0 unspecified atom stereocenters. The van der Waals surface area contributed by atoms with Crippen molar-refractivity contribution in [3.8, 4) is 0 Å². The molecule has 0 N–H and O–H groups in total. The van der Waals surface area contributed by atoms with E-state index in [2.05, 4.69) is 40.8 Å². The quantitative estimate of drug-likeness (QED) is 0.373. The van der Waals surface area contributed by atoms with Crippen LogP contribution in [0.25, 0.3) is 0 Å². The van der Waals surface area contributed by atoms with Crippen molar-refractivity contribution in [2.45, 2.75) is 90.9 Å². The molecule has 0 saturated heterocycles. The van der Waals surface area contributed by atoms with Crippen LogP contribution in [0.1, 0.15) is 89.3 Å². The summed E-state index contributed by atoms with van der Waals surface area (Å²) < 4.78 is 1.24. The third-order valence-corrected chi connectivity index (χ3v) is 4.95. The number of aryl methyl sites for hydroxylation is 1. The lowest BCUT2D eigenvalue weighted by Gasteiger charge is -2.09. The Morgan fingerprint density at radius 2 is 1.43 bits per heavy atom. The molecule has 2 heteroatoms. The average molecular weight is 354 g/mol. The van der Waals surface area contributed by atoms with Gasteiger partial charge in [0.15, 0.2) is 0 Å². The highest BCUT2D eigenvalue weighted by Crippen LogP contribution is 2.22. The van der Waals surface area contributed by atoms with Crippen LogP contribution in [0.15, 0.2) is 16.7 Å². The molecule has 120 valence electrons. The van der Waals surface area contributed by atoms with Crippen LogP contribution < -0.4 is 0 Å². The van der Waals surface area contributed by atoms with Gasteiger partial charge < -0.3 is 0 Å². The fraction of sp³-hybridized carbons (Fsp3) is 0.737. The smallest absolute Gasteiger partial charge is 0.0444 e. The summed E-state index contributed by atoms with van der Waals surface area (Å²) >= 11 is 3.67. The molecule has 1 heterocycles. The number of aromatic nitrogens is 1. The van der Waals surface area contributed by atoms with Gasteiger partial charge in [-0.15, -0.1) is 0 Å². The van der Waals surface area contributed by atoms with E-state index in [0.29, 0.717) is 0 Å². The Bertz CT molecular complexity index is 376. The topological polar surface area (TPSA) is 12.9 Å². The highest BCUT2D eigenvalue weighted by molar-refractivity contribution is 9.10. The summed E-state index contributed by atoms with van der Waals surface area (Å²) in [4.78, 5) is 4.49. The summed E-state index contributed by atoms with van der Waals surface area (Å²) in [5, 5.41) is 0. The number of hydrogen-bond acceptors (Lipinski definition) is 1. The maximum atomic E-state index is 4.49. The van der Waals surface area contributed by atoms with E-state index in [0.717, 1.165) is 6.42 Å². The Morgan fingerprint density at radius 1 is 0.857 bits per heavy atom. The first-order chi connectivity index (χ1) is 10.3. The van der Waals surface area contributed by atoms with Gasteiger partial charge in [0, 0.05) is 16.4 Å². The molecule has 0 aliphatic rings. The van der Waals surface area contributed by atoms with Crippen molar-refractivity contribution < 1.29 is 0 Å². The Hall–Kier alpha value is -0.370. The number of rotatable bonds is 12. The number of halogens is 1. The van der Waals surface area contributed by atoms with Crippen molar-refractivity contribution in [2.24, 2.45) is 0 Å². The van der Waals surface area contributed by atoms with E-state index >= 15 is 0 Å². The summed E-state index contributed by atoms with van der Waals surface area (Å²) in [5.41, 5.74) is 2.69. The highest BCUT2D eigenvalue weighted by atomic mass is 79.9. The second kappa shape index (κ2) is 12.2. The predicted octanol–water partition coefficient (Wildman–Crippen LogP) is 6.87. The Morgan fingerprint density at radius 3 is 2.00 bits per heavy atom. The molecule has 21 heavy (non-hydrogen) atoms. The first-order valence-corrected chi connectivity index (χ1v) is 9.71. The van der Waals surface area contributed by atoms with Gasteiger partial charge in [-0.2, -0.15) is 0 Å². The van der Waals surface area contributed by atoms with Gasteiger partial charge in [-0.3, -0.25) is 4.98 Å². The summed E-state index contributed by atoms with van der Waals surface area (Å²) in [6.45, 7) is 4.47. The molecule has 0 aliphatic carbocycles. The van der Waals surface area contributed by atoms with Crippen LogP contribution in [-0.4, -0.2) is 4.98 Å². The number of unbranched alkanes of at least 4 members (excludes halogenated alkanes) is 9. The van der Waals surface area contributed by atoms with Gasteiger partial charge in [0.1, 0.15) is 0 Å². The highest BCUT2D eigenvalue weighted by Gasteiger charge is 2.06. The van der Waals surface area contributed by atoms with E-state index in [-0.39, 0.29) is 0 Å². The van der Waals surface area contributed by atoms with Crippen LogP contribution in [0.5, 0.6) is 0 Å². The van der Waals surface area contributed by atoms with Gasteiger partial charge in [-0.05, 0) is 30.9 Å². The Balaban J connectivity index is 2.07. The van der Waals surface area contributed by atoms with Gasteiger partial charge in [0.25, 0.3) is 0 Å². The molecule has 0 spiro atoms. The van der Waals surface area contributed by atoms with Gasteiger partial charge in [-0.1, -0.05) is 87.6 Å². The maximum Gasteiger partial charge on any atom is 0.0444 e. The molecular weight excluding hydrogens is 322 g/mol. The normalized spacial score (nSPS) is 11.0. The first-order valence-electron chi connectivity index (χ1n) is 8.91. The summed E-state index contributed by atoms with van der Waals surface area (Å²) in [7, 11) is 0. The van der Waals surface area contributed by atoms with E-state index < -0.39 is 0 Å². The summed E-state index contributed by atoms with van der Waals surface area (Å²) in [6.07, 6.45) is 18.1. The molecule has 0 saturated carbocycles. The second-order valence-electron chi connectivity index (χ2n) is 6.00. The second-order valence-corrected chi connectivity index (χ2v) is 6.86. The molecule has 1 rings (SSSR count). The molecule has 1 aromatic rings. The monoisotopic (exact) mass is 353 g/mol. The van der Waals surface area contributed by atoms with Crippen molar-refractivity contribution in [3.63, 3.8) is 0 Å². The largest absolute Gasteiger partial charge is 0.261 e. The predicted molar refractivity (Wildman–Crippen MR) is 96.9 cm³/mol. The minimum atomic E-state index is 1.03. The fourth-order valence-corrected chi connectivity index (χ4v) is 3.41. The molecule has 0 amide bonds. The molecule has 0 aromatic carbocycles. The van der Waals surface area contributed by atoms with Crippen molar-refractivity contribution in [3.05, 3.63) is 28.0 Å². The van der Waals surface area contributed by atoms with Gasteiger partial charge in [-0.25, -0.2) is 0 Å². The maximum absolute atomic E-state index is 4.49. The molecule has 0 atom stereocenters. The van der Waals surface area contributed by atoms with Gasteiger partial charge in [0.2, 0.25) is 0 Å². The van der Waals surface area contributed by atoms with Crippen LogP contribution in [0.4, 0.5) is 0 Å². The average Bonchev–Trinajstić information content (AvgIpc) is 2.50. The van der Waals surface area contributed by atoms with Crippen LogP contribution in [-0.2, 0) is 12.8 Å². The standard InChI is InChI=1S/C19H32BrN/c1-3-5-6-7-8-9-10-11-12-13-14-17-18(20)15-16-21-19(17)4-2/h15-16H,3-14H2,1-2H3. The SMILES string of the molecule is CCCCCCCCCCCCc1c(Br)ccnc1CC. The number of pyridine rings is 1. The molecule has 1 nitrogen and oxygen atoms in total. The lowest BCUT2D eigenvalue weighted by molar-refractivity contribution is 0.556. The van der Waals surface area contributed by atoms with Crippen molar-refractivity contribution in [2.75, 3.05) is 0 Å². The Labute approximate surface area is 140 Å². The van der Waals surface area contributed by atoms with E-state index in [1.807, 2.05) is 6.20 Å². The van der Waals surface area contributed by atoms with E-state index in [4.69, 9.17) is 0 Å². The van der Waals surface area contributed by atoms with E-state index in [1.165, 1.54) is 86.4 Å². The van der Waals surface area contributed by atoms with Crippen LogP contribution >= 0.6 is 15.9 Å². The Kier molecular flexibility index (Phi) is 10.9. The van der Waals surface area contributed by atoms with Crippen molar-refractivity contribution in [1.82, 2.24) is 4.98 Å². The molecule has 1 aromatic heterocycles. The lowest BCUT2D eigenvalue weighted by atomic mass is 10.0. The number of nitrogens with zero attached hydrogens (tertiary/aromatic N) is 1. The number of hydrogen-bond donors (Lipinski definition) is 0. The molecule has 0 fully saturated rings. The van der Waals surface area contributed by atoms with Crippen LogP contribution in [0.2, 0.25) is 0 Å². The molecule has 0 aliphatic heterocycles. The molecule has 0 bridgehead atoms. The zero-order valence-corrected chi connectivity index (χ0v) is 15.6. The fourth-order valence-electron chi connectivity index (χ4n) is 2.87. The van der Waals surface area contributed by atoms with E-state index in [1.54, 1.807) is 0 Å². The molecule has 0 radical (unpaired) electrons. The zero-order valence-electron chi connectivity index (χ0n) is 14.0. The minimum absolute atomic E-state index is 1.03. The summed E-state index contributed by atoms with van der Waals surface area (Å²) in [5.74, 6) is 0. The third-order valence-electron chi connectivity index (χ3n) is 4.20. The summed E-state index contributed by atoms with van der Waals surface area (Å²) in [6, 6.07) is 2.07. The molecular formula is C19H32BrN. The third kappa shape index (κ3) is 7.99. The van der Waals surface area contributed by atoms with Crippen molar-refractivity contribution in [1.29, 1.82) is 0 Å². The first kappa shape index (κ1) is 18.7. The minimum Gasteiger partial charge on any atom is -0.261 e. The van der Waals surface area contributed by atoms with Gasteiger partial charge in [0.05, 0.1) is 0 Å². The van der Waals surface area contributed by atoms with Crippen LogP contribution in [0, 0.1) is 0 Å². The van der Waals surface area contributed by atoms with E-state index in [9.17, 15) is 0 Å². The van der Waals surface area contributed by atoms with Crippen molar-refractivity contribution >= 4 is 15.9 Å². The van der Waals surface area contributed by atoms with Gasteiger partial charge >= 0.3 is 0 Å². The zero-order chi connectivity index (χ0) is 15.3. The lowest BCUT2D eigenvalue weighted by Crippen LogP contribution is -1.98.